The van der Waals surface area contributed by atoms with E-state index in [2.05, 4.69) is 36.9 Å². The molecule has 1 aromatic carbocycles. The molecule has 0 aromatic heterocycles. The molecule has 3 heteroatoms. The van der Waals surface area contributed by atoms with Crippen molar-refractivity contribution >= 4 is 0 Å². The Bertz CT molecular complexity index is 569. The van der Waals surface area contributed by atoms with Crippen LogP contribution in [0.25, 0.3) is 0 Å². The summed E-state index contributed by atoms with van der Waals surface area (Å²) in [6, 6.07) is 7.34. The third-order valence-electron chi connectivity index (χ3n) is 6.53. The molecule has 2 bridgehead atoms. The van der Waals surface area contributed by atoms with Gasteiger partial charge in [0.2, 0.25) is 0 Å². The number of hydrogen-bond acceptors (Lipinski definition) is 3. The number of rotatable bonds is 4. The number of hydrogen-bond donors (Lipinski definition) is 1. The molecule has 0 radical (unpaired) electrons. The van der Waals surface area contributed by atoms with Gasteiger partial charge in [0.1, 0.15) is 12.5 Å². The zero-order valence-electron chi connectivity index (χ0n) is 13.8. The van der Waals surface area contributed by atoms with Crippen molar-refractivity contribution in [3.05, 3.63) is 29.3 Å². The predicted octanol–water partition coefficient (Wildman–Crippen LogP) is 2.92. The molecule has 1 saturated heterocycles. The first-order valence-corrected chi connectivity index (χ1v) is 8.82. The van der Waals surface area contributed by atoms with Gasteiger partial charge in [-0.05, 0) is 72.7 Å². The summed E-state index contributed by atoms with van der Waals surface area (Å²) in [6.07, 6.45) is 5.36. The molecule has 1 unspecified atom stereocenters. The topological polar surface area (TPSA) is 38.5 Å². The average molecular weight is 300 g/mol. The van der Waals surface area contributed by atoms with Gasteiger partial charge in [0, 0.05) is 12.6 Å². The highest BCUT2D eigenvalue weighted by Crippen LogP contribution is 2.50. The predicted molar refractivity (Wildman–Crippen MR) is 89.0 cm³/mol. The molecule has 1 aliphatic heterocycles. The Morgan fingerprint density at radius 3 is 2.91 bits per heavy atom. The maximum absolute atomic E-state index is 5.54. The summed E-state index contributed by atoms with van der Waals surface area (Å²) in [5, 5.41) is 0. The van der Waals surface area contributed by atoms with Crippen LogP contribution in [0.4, 0.5) is 0 Å². The van der Waals surface area contributed by atoms with Crippen LogP contribution in [0.5, 0.6) is 5.75 Å². The first kappa shape index (κ1) is 14.5. The largest absolute Gasteiger partial charge is 0.479 e. The Morgan fingerprint density at radius 2 is 2.18 bits per heavy atom. The smallest absolute Gasteiger partial charge is 0.137 e. The van der Waals surface area contributed by atoms with Crippen molar-refractivity contribution < 1.29 is 4.74 Å². The van der Waals surface area contributed by atoms with Crippen LogP contribution in [-0.4, -0.2) is 30.8 Å². The van der Waals surface area contributed by atoms with Gasteiger partial charge in [-0.1, -0.05) is 19.9 Å². The standard InChI is InChI=1S/C19H28N2O/c1-13-18-9-15-5-6-16(22-12-20)10-17(15)19(13,2)7-8-21(18)11-14-3-4-14/h5-6,10,13-14,18H,3-4,7-9,11-12,20H2,1-2H3/t13-,18?,19-/m0/s1. The fourth-order valence-corrected chi connectivity index (χ4v) is 4.73. The Hall–Kier alpha value is -1.06. The fourth-order valence-electron chi connectivity index (χ4n) is 4.73. The van der Waals surface area contributed by atoms with Crippen LogP contribution in [0, 0.1) is 11.8 Å². The molecule has 4 rings (SSSR count). The average Bonchev–Trinajstić information content (AvgIpc) is 3.31. The van der Waals surface area contributed by atoms with E-state index in [9.17, 15) is 0 Å². The molecular weight excluding hydrogens is 272 g/mol. The van der Waals surface area contributed by atoms with Crippen LogP contribution in [-0.2, 0) is 11.8 Å². The SMILES string of the molecule is C[C@H]1C2Cc3ccc(OCN)cc3[C@@]1(C)CCN2CC1CC1. The molecule has 2 N–H and O–H groups in total. The summed E-state index contributed by atoms with van der Waals surface area (Å²) in [5.41, 5.74) is 8.85. The lowest BCUT2D eigenvalue weighted by atomic mass is 9.59. The molecule has 3 aliphatic rings. The number of ether oxygens (including phenoxy) is 1. The zero-order chi connectivity index (χ0) is 15.3. The van der Waals surface area contributed by atoms with Crippen molar-refractivity contribution in [3.8, 4) is 5.75 Å². The molecule has 2 fully saturated rings. The lowest BCUT2D eigenvalue weighted by Crippen LogP contribution is -2.58. The Morgan fingerprint density at radius 1 is 1.36 bits per heavy atom. The molecule has 1 heterocycles. The first-order chi connectivity index (χ1) is 10.6. The third-order valence-corrected chi connectivity index (χ3v) is 6.53. The van der Waals surface area contributed by atoms with Crippen LogP contribution in [0.3, 0.4) is 0 Å². The van der Waals surface area contributed by atoms with E-state index in [1.165, 1.54) is 49.9 Å². The van der Waals surface area contributed by atoms with Gasteiger partial charge < -0.3 is 4.74 Å². The second-order valence-electron chi connectivity index (χ2n) is 7.80. The quantitative estimate of drug-likeness (QED) is 0.869. The minimum absolute atomic E-state index is 0.253. The van der Waals surface area contributed by atoms with Crippen LogP contribution in [0.2, 0.25) is 0 Å². The van der Waals surface area contributed by atoms with Crippen LogP contribution >= 0.6 is 0 Å². The van der Waals surface area contributed by atoms with Gasteiger partial charge in [0.15, 0.2) is 0 Å². The Balaban J connectivity index is 1.67. The van der Waals surface area contributed by atoms with Crippen molar-refractivity contribution in [3.63, 3.8) is 0 Å². The van der Waals surface area contributed by atoms with E-state index in [1.807, 2.05) is 0 Å². The van der Waals surface area contributed by atoms with Gasteiger partial charge in [-0.2, -0.15) is 0 Å². The van der Waals surface area contributed by atoms with Gasteiger partial charge in [-0.15, -0.1) is 0 Å². The van der Waals surface area contributed by atoms with Crippen LogP contribution in [0.1, 0.15) is 44.2 Å². The maximum Gasteiger partial charge on any atom is 0.137 e. The van der Waals surface area contributed by atoms with Crippen LogP contribution < -0.4 is 10.5 Å². The van der Waals surface area contributed by atoms with Gasteiger partial charge in [-0.3, -0.25) is 10.6 Å². The number of nitrogens with two attached hydrogens (primary N) is 1. The van der Waals surface area contributed by atoms with E-state index in [-0.39, 0.29) is 12.1 Å². The van der Waals surface area contributed by atoms with Gasteiger partial charge in [0.05, 0.1) is 0 Å². The van der Waals surface area contributed by atoms with E-state index < -0.39 is 0 Å². The van der Waals surface area contributed by atoms with E-state index in [4.69, 9.17) is 10.5 Å². The summed E-state index contributed by atoms with van der Waals surface area (Å²) < 4.78 is 5.54. The highest BCUT2D eigenvalue weighted by Gasteiger charge is 2.49. The first-order valence-electron chi connectivity index (χ1n) is 8.82. The fraction of sp³-hybridized carbons (Fsp3) is 0.684. The lowest BCUT2D eigenvalue weighted by molar-refractivity contribution is 0.0283. The molecule has 3 nitrogen and oxygen atoms in total. The number of likely N-dealkylation sites (tertiary alicyclic amines) is 1. The van der Waals surface area contributed by atoms with Crippen molar-refractivity contribution in [1.82, 2.24) is 4.90 Å². The molecule has 0 amide bonds. The summed E-state index contributed by atoms with van der Waals surface area (Å²) in [4.78, 5) is 2.79. The van der Waals surface area contributed by atoms with Gasteiger partial charge in [0.25, 0.3) is 0 Å². The minimum atomic E-state index is 0.253. The highest BCUT2D eigenvalue weighted by molar-refractivity contribution is 5.44. The normalized spacial score (nSPS) is 34.3. The molecule has 0 spiro atoms. The van der Waals surface area contributed by atoms with Gasteiger partial charge in [-0.25, -0.2) is 0 Å². The summed E-state index contributed by atoms with van der Waals surface area (Å²) in [7, 11) is 0. The minimum Gasteiger partial charge on any atom is -0.479 e. The van der Waals surface area contributed by atoms with Crippen LogP contribution in [0.15, 0.2) is 18.2 Å². The molecule has 22 heavy (non-hydrogen) atoms. The van der Waals surface area contributed by atoms with E-state index in [0.29, 0.717) is 12.0 Å². The van der Waals surface area contributed by atoms with E-state index in [0.717, 1.165) is 11.7 Å². The monoisotopic (exact) mass is 300 g/mol. The molecular formula is C19H28N2O. The second-order valence-corrected chi connectivity index (χ2v) is 7.80. The molecule has 3 atom stereocenters. The van der Waals surface area contributed by atoms with E-state index >= 15 is 0 Å². The zero-order valence-corrected chi connectivity index (χ0v) is 13.8. The molecule has 1 saturated carbocycles. The summed E-state index contributed by atoms with van der Waals surface area (Å²) in [5.74, 6) is 2.62. The van der Waals surface area contributed by atoms with Crippen molar-refractivity contribution in [1.29, 1.82) is 0 Å². The summed E-state index contributed by atoms with van der Waals surface area (Å²) >= 11 is 0. The second kappa shape index (κ2) is 5.24. The lowest BCUT2D eigenvalue weighted by Gasteiger charge is -2.54. The molecule has 1 aromatic rings. The number of piperidine rings is 1. The molecule has 2 aliphatic carbocycles. The highest BCUT2D eigenvalue weighted by atomic mass is 16.5. The van der Waals surface area contributed by atoms with Crippen molar-refractivity contribution in [2.24, 2.45) is 17.6 Å². The summed E-state index contributed by atoms with van der Waals surface area (Å²) in [6.45, 7) is 7.76. The van der Waals surface area contributed by atoms with Gasteiger partial charge >= 0.3 is 0 Å². The van der Waals surface area contributed by atoms with Crippen molar-refractivity contribution in [2.75, 3.05) is 19.8 Å². The Labute approximate surface area is 133 Å². The Kier molecular flexibility index (Phi) is 3.46. The number of benzene rings is 1. The number of nitrogens with zero attached hydrogens (tertiary/aromatic N) is 1. The van der Waals surface area contributed by atoms with E-state index in [1.54, 1.807) is 0 Å². The molecule has 120 valence electrons. The number of fused-ring (bicyclic) bond motifs is 4. The maximum atomic E-state index is 5.54. The third kappa shape index (κ3) is 2.26. The van der Waals surface area contributed by atoms with Crippen molar-refractivity contribution in [2.45, 2.75) is 51.0 Å².